The molecule has 0 radical (unpaired) electrons. The lowest BCUT2D eigenvalue weighted by Gasteiger charge is -2.09. The highest BCUT2D eigenvalue weighted by molar-refractivity contribution is 5.89. The van der Waals surface area contributed by atoms with Crippen LogP contribution < -0.4 is 10.5 Å². The van der Waals surface area contributed by atoms with E-state index in [2.05, 4.69) is 0 Å². The van der Waals surface area contributed by atoms with Gasteiger partial charge in [0.15, 0.2) is 0 Å². The number of ether oxygens (including phenoxy) is 2. The van der Waals surface area contributed by atoms with E-state index < -0.39 is 5.97 Å². The molecule has 0 amide bonds. The maximum absolute atomic E-state index is 10.7. The van der Waals surface area contributed by atoms with E-state index in [4.69, 9.17) is 20.3 Å². The minimum absolute atomic E-state index is 0.163. The van der Waals surface area contributed by atoms with Gasteiger partial charge < -0.3 is 20.3 Å². The highest BCUT2D eigenvalue weighted by atomic mass is 16.5. The second-order valence-electron chi connectivity index (χ2n) is 3.25. The van der Waals surface area contributed by atoms with Crippen LogP contribution in [0.15, 0.2) is 18.2 Å². The first-order valence-electron chi connectivity index (χ1n) is 4.89. The van der Waals surface area contributed by atoms with Gasteiger partial charge in [0.25, 0.3) is 0 Å². The molecule has 16 heavy (non-hydrogen) atoms. The normalized spacial score (nSPS) is 10.1. The molecule has 0 aliphatic rings. The lowest BCUT2D eigenvalue weighted by molar-refractivity contribution is 0.0696. The molecule has 0 heterocycles. The Morgan fingerprint density at radius 1 is 1.44 bits per heavy atom. The van der Waals surface area contributed by atoms with Crippen molar-refractivity contribution in [1.82, 2.24) is 0 Å². The lowest BCUT2D eigenvalue weighted by atomic mass is 10.2. The number of carboxylic acid groups (broad SMARTS) is 1. The first kappa shape index (κ1) is 12.3. The van der Waals surface area contributed by atoms with Crippen LogP contribution in [0.3, 0.4) is 0 Å². The van der Waals surface area contributed by atoms with E-state index in [1.807, 2.05) is 0 Å². The van der Waals surface area contributed by atoms with Crippen molar-refractivity contribution in [3.8, 4) is 5.75 Å². The van der Waals surface area contributed by atoms with Gasteiger partial charge in [0.05, 0.1) is 17.9 Å². The summed E-state index contributed by atoms with van der Waals surface area (Å²) in [6.45, 7) is 1.04. The number of rotatable bonds is 6. The van der Waals surface area contributed by atoms with Crippen molar-refractivity contribution in [3.63, 3.8) is 0 Å². The summed E-state index contributed by atoms with van der Waals surface area (Å²) < 4.78 is 10.2. The topological polar surface area (TPSA) is 81.8 Å². The molecule has 1 aromatic carbocycles. The van der Waals surface area contributed by atoms with Crippen LogP contribution in [-0.4, -0.2) is 31.4 Å². The zero-order chi connectivity index (χ0) is 12.0. The first-order chi connectivity index (χ1) is 7.65. The van der Waals surface area contributed by atoms with E-state index >= 15 is 0 Å². The van der Waals surface area contributed by atoms with Crippen LogP contribution >= 0.6 is 0 Å². The van der Waals surface area contributed by atoms with E-state index in [1.54, 1.807) is 7.11 Å². The summed E-state index contributed by atoms with van der Waals surface area (Å²) in [5.41, 5.74) is 6.25. The van der Waals surface area contributed by atoms with Crippen molar-refractivity contribution in [2.75, 3.05) is 26.1 Å². The van der Waals surface area contributed by atoms with E-state index in [0.717, 1.165) is 6.42 Å². The highest BCUT2D eigenvalue weighted by Gasteiger charge is 2.07. The zero-order valence-corrected chi connectivity index (χ0v) is 9.10. The van der Waals surface area contributed by atoms with Crippen molar-refractivity contribution < 1.29 is 19.4 Å². The zero-order valence-electron chi connectivity index (χ0n) is 9.10. The van der Waals surface area contributed by atoms with Gasteiger partial charge in [-0.2, -0.15) is 0 Å². The number of hydrogen-bond donors (Lipinski definition) is 2. The minimum Gasteiger partial charge on any atom is -0.491 e. The predicted molar refractivity (Wildman–Crippen MR) is 59.8 cm³/mol. The first-order valence-corrected chi connectivity index (χ1v) is 4.89. The van der Waals surface area contributed by atoms with E-state index in [-0.39, 0.29) is 5.56 Å². The molecule has 5 nitrogen and oxygen atoms in total. The largest absolute Gasteiger partial charge is 0.491 e. The number of anilines is 1. The summed E-state index contributed by atoms with van der Waals surface area (Å²) in [6, 6.07) is 4.39. The van der Waals surface area contributed by atoms with Crippen LogP contribution in [0.25, 0.3) is 0 Å². The van der Waals surface area contributed by atoms with Crippen LogP contribution in [0.4, 0.5) is 5.69 Å². The molecule has 5 heteroatoms. The summed E-state index contributed by atoms with van der Waals surface area (Å²) >= 11 is 0. The maximum atomic E-state index is 10.7. The summed E-state index contributed by atoms with van der Waals surface area (Å²) in [5, 5.41) is 8.79. The molecule has 0 atom stereocenters. The van der Waals surface area contributed by atoms with Crippen molar-refractivity contribution in [3.05, 3.63) is 23.8 Å². The van der Waals surface area contributed by atoms with E-state index in [0.29, 0.717) is 24.7 Å². The fraction of sp³-hybridized carbons (Fsp3) is 0.364. The molecule has 88 valence electrons. The summed E-state index contributed by atoms with van der Waals surface area (Å²) in [6.07, 6.45) is 0.729. The standard InChI is InChI=1S/C11H15NO4/c1-15-5-2-6-16-10-7-8(11(13)14)3-4-9(10)12/h3-4,7H,2,5-6,12H2,1H3,(H,13,14). The molecule has 1 rings (SSSR count). The van der Waals surface area contributed by atoms with E-state index in [1.165, 1.54) is 18.2 Å². The van der Waals surface area contributed by atoms with Crippen molar-refractivity contribution in [2.45, 2.75) is 6.42 Å². The Balaban J connectivity index is 2.63. The molecule has 0 saturated heterocycles. The number of benzene rings is 1. The molecule has 0 saturated carbocycles. The van der Waals surface area contributed by atoms with E-state index in [9.17, 15) is 4.79 Å². The van der Waals surface area contributed by atoms with Crippen LogP contribution in [0.1, 0.15) is 16.8 Å². The van der Waals surface area contributed by atoms with Gasteiger partial charge in [0, 0.05) is 20.1 Å². The molecular weight excluding hydrogens is 210 g/mol. The van der Waals surface area contributed by atoms with Gasteiger partial charge in [0.1, 0.15) is 5.75 Å². The number of carboxylic acids is 1. The Hall–Kier alpha value is -1.75. The molecule has 0 fully saturated rings. The van der Waals surface area contributed by atoms with Crippen molar-refractivity contribution in [1.29, 1.82) is 0 Å². The summed E-state index contributed by atoms with van der Waals surface area (Å²) in [7, 11) is 1.61. The number of nitrogen functional groups attached to an aromatic ring is 1. The Bertz CT molecular complexity index is 365. The van der Waals surface area contributed by atoms with Gasteiger partial charge in [-0.05, 0) is 18.2 Å². The Kier molecular flexibility index (Phi) is 4.60. The lowest BCUT2D eigenvalue weighted by Crippen LogP contribution is -2.05. The van der Waals surface area contributed by atoms with Gasteiger partial charge in [0.2, 0.25) is 0 Å². The number of methoxy groups -OCH3 is 1. The van der Waals surface area contributed by atoms with Gasteiger partial charge in [-0.25, -0.2) is 4.79 Å². The van der Waals surface area contributed by atoms with Crippen LogP contribution in [-0.2, 0) is 4.74 Å². The molecule has 1 aromatic rings. The van der Waals surface area contributed by atoms with Gasteiger partial charge in [-0.15, -0.1) is 0 Å². The third-order valence-electron chi connectivity index (χ3n) is 2.01. The highest BCUT2D eigenvalue weighted by Crippen LogP contribution is 2.22. The Morgan fingerprint density at radius 2 is 2.19 bits per heavy atom. The van der Waals surface area contributed by atoms with Crippen molar-refractivity contribution >= 4 is 11.7 Å². The number of carbonyl (C=O) groups is 1. The van der Waals surface area contributed by atoms with Gasteiger partial charge >= 0.3 is 5.97 Å². The maximum Gasteiger partial charge on any atom is 0.335 e. The fourth-order valence-electron chi connectivity index (χ4n) is 1.18. The van der Waals surface area contributed by atoms with Crippen LogP contribution in [0.5, 0.6) is 5.75 Å². The average Bonchev–Trinajstić information content (AvgIpc) is 2.26. The molecular formula is C11H15NO4. The minimum atomic E-state index is -0.998. The quantitative estimate of drug-likeness (QED) is 0.564. The average molecular weight is 225 g/mol. The number of hydrogen-bond acceptors (Lipinski definition) is 4. The smallest absolute Gasteiger partial charge is 0.335 e. The Labute approximate surface area is 93.8 Å². The number of aromatic carboxylic acids is 1. The number of nitrogens with two attached hydrogens (primary N) is 1. The van der Waals surface area contributed by atoms with Crippen molar-refractivity contribution in [2.24, 2.45) is 0 Å². The molecule has 0 bridgehead atoms. The molecule has 0 aliphatic heterocycles. The molecule has 0 aromatic heterocycles. The van der Waals surface area contributed by atoms with Gasteiger partial charge in [-0.3, -0.25) is 0 Å². The molecule has 3 N–H and O–H groups in total. The second-order valence-corrected chi connectivity index (χ2v) is 3.25. The molecule has 0 aliphatic carbocycles. The monoisotopic (exact) mass is 225 g/mol. The van der Waals surface area contributed by atoms with Crippen LogP contribution in [0, 0.1) is 0 Å². The third kappa shape index (κ3) is 3.43. The third-order valence-corrected chi connectivity index (χ3v) is 2.01. The Morgan fingerprint density at radius 3 is 2.81 bits per heavy atom. The summed E-state index contributed by atoms with van der Waals surface area (Å²) in [4.78, 5) is 10.7. The van der Waals surface area contributed by atoms with Gasteiger partial charge in [-0.1, -0.05) is 0 Å². The predicted octanol–water partition coefficient (Wildman–Crippen LogP) is 1.38. The second kappa shape index (κ2) is 5.97. The van der Waals surface area contributed by atoms with Crippen LogP contribution in [0.2, 0.25) is 0 Å². The SMILES string of the molecule is COCCCOc1cc(C(=O)O)ccc1N. The molecule has 0 spiro atoms. The molecule has 0 unspecified atom stereocenters. The fourth-order valence-corrected chi connectivity index (χ4v) is 1.18. The summed E-state index contributed by atoms with van der Waals surface area (Å²) in [5.74, 6) is -0.599.